The van der Waals surface area contributed by atoms with Gasteiger partial charge < -0.3 is 9.88 Å². The second kappa shape index (κ2) is 7.74. The lowest BCUT2D eigenvalue weighted by Gasteiger charge is -2.18. The van der Waals surface area contributed by atoms with E-state index in [0.717, 1.165) is 10.9 Å². The highest BCUT2D eigenvalue weighted by Gasteiger charge is 2.25. The van der Waals surface area contributed by atoms with Crippen LogP contribution in [-0.2, 0) is 11.3 Å². The smallest absolute Gasteiger partial charge is 0.233 e. The average Bonchev–Trinajstić information content (AvgIpc) is 3.29. The van der Waals surface area contributed by atoms with Crippen LogP contribution in [0.25, 0.3) is 0 Å². The highest BCUT2D eigenvalue weighted by molar-refractivity contribution is 8.00. The molecule has 0 radical (unpaired) electrons. The Kier molecular flexibility index (Phi) is 5.66. The summed E-state index contributed by atoms with van der Waals surface area (Å²) in [7, 11) is 0. The molecule has 0 spiro atoms. The van der Waals surface area contributed by atoms with Crippen molar-refractivity contribution in [1.82, 2.24) is 14.9 Å². The van der Waals surface area contributed by atoms with Crippen LogP contribution < -0.4 is 5.32 Å². The minimum absolute atomic E-state index is 0.0738. The van der Waals surface area contributed by atoms with E-state index >= 15 is 0 Å². The third-order valence-electron chi connectivity index (χ3n) is 4.71. The zero-order valence-electron chi connectivity index (χ0n) is 14.5. The summed E-state index contributed by atoms with van der Waals surface area (Å²) in [5.74, 6) is 0.0738. The summed E-state index contributed by atoms with van der Waals surface area (Å²) >= 11 is 3.25. The van der Waals surface area contributed by atoms with Crippen molar-refractivity contribution >= 4 is 29.0 Å². The summed E-state index contributed by atoms with van der Waals surface area (Å²) in [5, 5.41) is 5.91. The second-order valence-electron chi connectivity index (χ2n) is 6.43. The van der Waals surface area contributed by atoms with Gasteiger partial charge in [0.15, 0.2) is 5.16 Å². The number of thiophene rings is 1. The number of carbonyl (C=O) groups excluding carboxylic acids is 1. The fraction of sp³-hybridized carbons (Fsp3) is 0.556. The van der Waals surface area contributed by atoms with Crippen molar-refractivity contribution < 1.29 is 4.79 Å². The molecule has 0 saturated heterocycles. The largest absolute Gasteiger partial charge is 0.350 e. The van der Waals surface area contributed by atoms with Gasteiger partial charge in [0.1, 0.15) is 0 Å². The quantitative estimate of drug-likeness (QED) is 0.770. The molecule has 1 N–H and O–H groups in total. The highest BCUT2D eigenvalue weighted by atomic mass is 32.2. The van der Waals surface area contributed by atoms with Gasteiger partial charge in [-0.3, -0.25) is 4.79 Å². The van der Waals surface area contributed by atoms with Crippen molar-refractivity contribution in [3.05, 3.63) is 33.8 Å². The van der Waals surface area contributed by atoms with Gasteiger partial charge in [0.05, 0.1) is 17.5 Å². The number of rotatable bonds is 6. The SMILES string of the molecule is Cc1nc(SC(C)C(=O)NCc2cccs2)n(C2CCCC2)c1C. The molecule has 2 aromatic rings. The Bertz CT molecular complexity index is 687. The number of hydrogen-bond acceptors (Lipinski definition) is 4. The number of imidazole rings is 1. The lowest BCUT2D eigenvalue weighted by molar-refractivity contribution is -0.120. The lowest BCUT2D eigenvalue weighted by atomic mass is 10.2. The third kappa shape index (κ3) is 3.86. The van der Waals surface area contributed by atoms with E-state index in [9.17, 15) is 4.79 Å². The molecule has 4 nitrogen and oxygen atoms in total. The Balaban J connectivity index is 1.66. The normalized spacial score (nSPS) is 16.5. The first-order valence-corrected chi connectivity index (χ1v) is 10.3. The molecule has 1 unspecified atom stereocenters. The van der Waals surface area contributed by atoms with Gasteiger partial charge in [-0.05, 0) is 45.1 Å². The van der Waals surface area contributed by atoms with Gasteiger partial charge in [0, 0.05) is 16.6 Å². The first-order valence-electron chi connectivity index (χ1n) is 8.58. The van der Waals surface area contributed by atoms with Crippen molar-refractivity contribution in [3.63, 3.8) is 0 Å². The van der Waals surface area contributed by atoms with E-state index in [1.807, 2.05) is 24.4 Å². The number of thioether (sulfide) groups is 1. The van der Waals surface area contributed by atoms with Gasteiger partial charge in [-0.15, -0.1) is 11.3 Å². The van der Waals surface area contributed by atoms with Crippen molar-refractivity contribution in [2.24, 2.45) is 0 Å². The van der Waals surface area contributed by atoms with Gasteiger partial charge in [0.2, 0.25) is 5.91 Å². The molecule has 2 aromatic heterocycles. The molecule has 1 atom stereocenters. The maximum atomic E-state index is 12.4. The summed E-state index contributed by atoms with van der Waals surface area (Å²) < 4.78 is 2.37. The van der Waals surface area contributed by atoms with Gasteiger partial charge in [0.25, 0.3) is 0 Å². The van der Waals surface area contributed by atoms with Crippen LogP contribution in [0.1, 0.15) is 54.9 Å². The second-order valence-corrected chi connectivity index (χ2v) is 8.77. The van der Waals surface area contributed by atoms with Crippen LogP contribution in [0, 0.1) is 13.8 Å². The van der Waals surface area contributed by atoms with Gasteiger partial charge in [-0.2, -0.15) is 0 Å². The number of aryl methyl sites for hydroxylation is 1. The average molecular weight is 364 g/mol. The molecule has 1 saturated carbocycles. The molecule has 1 aliphatic carbocycles. The number of aromatic nitrogens is 2. The molecule has 0 aromatic carbocycles. The Morgan fingerprint density at radius 2 is 2.21 bits per heavy atom. The Labute approximate surface area is 152 Å². The van der Waals surface area contributed by atoms with E-state index in [1.54, 1.807) is 23.1 Å². The van der Waals surface area contributed by atoms with Crippen molar-refractivity contribution in [1.29, 1.82) is 0 Å². The zero-order valence-corrected chi connectivity index (χ0v) is 16.2. The molecule has 2 heterocycles. The fourth-order valence-corrected chi connectivity index (χ4v) is 4.95. The summed E-state index contributed by atoms with van der Waals surface area (Å²) in [6.45, 7) is 6.78. The fourth-order valence-electron chi connectivity index (χ4n) is 3.21. The monoisotopic (exact) mass is 363 g/mol. The van der Waals surface area contributed by atoms with Gasteiger partial charge in [-0.1, -0.05) is 30.7 Å². The number of amides is 1. The summed E-state index contributed by atoms with van der Waals surface area (Å²) in [5.41, 5.74) is 2.33. The van der Waals surface area contributed by atoms with E-state index in [1.165, 1.54) is 36.3 Å². The third-order valence-corrected chi connectivity index (χ3v) is 6.66. The van der Waals surface area contributed by atoms with Gasteiger partial charge in [-0.25, -0.2) is 4.98 Å². The van der Waals surface area contributed by atoms with Gasteiger partial charge >= 0.3 is 0 Å². The Hall–Kier alpha value is -1.27. The van der Waals surface area contributed by atoms with Crippen LogP contribution in [0.4, 0.5) is 0 Å². The van der Waals surface area contributed by atoms with Crippen LogP contribution in [0.2, 0.25) is 0 Å². The molecule has 6 heteroatoms. The minimum Gasteiger partial charge on any atom is -0.350 e. The maximum absolute atomic E-state index is 12.4. The number of hydrogen-bond donors (Lipinski definition) is 1. The topological polar surface area (TPSA) is 46.9 Å². The van der Waals surface area contributed by atoms with Crippen LogP contribution >= 0.6 is 23.1 Å². The van der Waals surface area contributed by atoms with E-state index < -0.39 is 0 Å². The molecule has 0 aliphatic heterocycles. The van der Waals surface area contributed by atoms with Crippen molar-refractivity contribution in [3.8, 4) is 0 Å². The summed E-state index contributed by atoms with van der Waals surface area (Å²) in [6, 6.07) is 4.60. The van der Waals surface area contributed by atoms with Crippen molar-refractivity contribution in [2.45, 2.75) is 69.4 Å². The molecule has 0 bridgehead atoms. The first-order chi connectivity index (χ1) is 11.6. The van der Waals surface area contributed by atoms with Crippen LogP contribution in [0.3, 0.4) is 0 Å². The van der Waals surface area contributed by atoms with Crippen LogP contribution in [-0.4, -0.2) is 20.7 Å². The summed E-state index contributed by atoms with van der Waals surface area (Å²) in [4.78, 5) is 18.3. The predicted molar refractivity (Wildman–Crippen MR) is 101 cm³/mol. The Morgan fingerprint density at radius 1 is 1.46 bits per heavy atom. The van der Waals surface area contributed by atoms with Crippen molar-refractivity contribution in [2.75, 3.05) is 0 Å². The molecule has 24 heavy (non-hydrogen) atoms. The first kappa shape index (κ1) is 17.5. The maximum Gasteiger partial charge on any atom is 0.233 e. The zero-order chi connectivity index (χ0) is 17.1. The van der Waals surface area contributed by atoms with E-state index in [0.29, 0.717) is 12.6 Å². The number of carbonyl (C=O) groups is 1. The molecule has 130 valence electrons. The van der Waals surface area contributed by atoms with E-state index in [4.69, 9.17) is 4.98 Å². The molecule has 1 aliphatic rings. The Morgan fingerprint density at radius 3 is 2.88 bits per heavy atom. The van der Waals surface area contributed by atoms with E-state index in [2.05, 4.69) is 23.7 Å². The molecule has 1 fully saturated rings. The molecule has 1 amide bonds. The van der Waals surface area contributed by atoms with Crippen LogP contribution in [0.5, 0.6) is 0 Å². The standard InChI is InChI=1S/C18H25N3OS2/c1-12-13(2)21(15-7-4-5-8-15)18(20-12)24-14(3)17(22)19-11-16-9-6-10-23-16/h6,9-10,14-15H,4-5,7-8,11H2,1-3H3,(H,19,22). The number of nitrogens with one attached hydrogen (secondary N) is 1. The highest BCUT2D eigenvalue weighted by Crippen LogP contribution is 2.36. The summed E-state index contributed by atoms with van der Waals surface area (Å²) in [6.07, 6.45) is 5.04. The lowest BCUT2D eigenvalue weighted by Crippen LogP contribution is -2.30. The molecule has 3 rings (SSSR count). The van der Waals surface area contributed by atoms with Crippen LogP contribution in [0.15, 0.2) is 22.7 Å². The predicted octanol–water partition coefficient (Wildman–Crippen LogP) is 4.47. The number of nitrogens with zero attached hydrogens (tertiary/aromatic N) is 2. The molecular weight excluding hydrogens is 338 g/mol. The minimum atomic E-state index is -0.147. The molecular formula is C18H25N3OS2. The van der Waals surface area contributed by atoms with E-state index in [-0.39, 0.29) is 11.2 Å².